The van der Waals surface area contributed by atoms with Crippen molar-refractivity contribution < 1.29 is 0 Å². The minimum Gasteiger partial charge on any atom is -0.367 e. The number of aromatic nitrogens is 1. The van der Waals surface area contributed by atoms with Crippen LogP contribution < -0.4 is 5.32 Å². The third-order valence-electron chi connectivity index (χ3n) is 4.33. The summed E-state index contributed by atoms with van der Waals surface area (Å²) in [5.41, 5.74) is 0.651. The molecule has 1 N–H and O–H groups in total. The van der Waals surface area contributed by atoms with E-state index in [9.17, 15) is 0 Å². The Morgan fingerprint density at radius 3 is 2.95 bits per heavy atom. The molecular formula is C17H17N5. The molecule has 2 unspecified atom stereocenters. The van der Waals surface area contributed by atoms with Crippen LogP contribution in [-0.4, -0.2) is 29.0 Å². The summed E-state index contributed by atoms with van der Waals surface area (Å²) in [7, 11) is 0. The smallest absolute Gasteiger partial charge is 0.179 e. The van der Waals surface area contributed by atoms with Gasteiger partial charge in [-0.2, -0.15) is 10.5 Å². The molecule has 5 heteroatoms. The summed E-state index contributed by atoms with van der Waals surface area (Å²) in [6.07, 6.45) is 4.99. The molecule has 3 rings (SSSR count). The van der Waals surface area contributed by atoms with Gasteiger partial charge in [-0.25, -0.2) is 4.98 Å². The fraction of sp³-hybridized carbons (Fsp3) is 0.353. The van der Waals surface area contributed by atoms with E-state index in [0.29, 0.717) is 11.5 Å². The molecule has 1 aliphatic rings. The zero-order valence-electron chi connectivity index (χ0n) is 12.5. The molecule has 2 heterocycles. The zero-order valence-corrected chi connectivity index (χ0v) is 12.5. The van der Waals surface area contributed by atoms with Crippen molar-refractivity contribution in [2.24, 2.45) is 5.92 Å². The number of hydrogen-bond donors (Lipinski definition) is 1. The minimum absolute atomic E-state index is 0.243. The Morgan fingerprint density at radius 1 is 1.36 bits per heavy atom. The predicted octanol–water partition coefficient (Wildman–Crippen LogP) is 2.71. The molecule has 0 spiro atoms. The molecule has 2 atom stereocenters. The fourth-order valence-electron chi connectivity index (χ4n) is 2.98. The highest BCUT2D eigenvalue weighted by Crippen LogP contribution is 2.26. The van der Waals surface area contributed by atoms with Crippen LogP contribution in [-0.2, 0) is 0 Å². The molecular weight excluding hydrogens is 274 g/mol. The Kier molecular flexibility index (Phi) is 3.80. The van der Waals surface area contributed by atoms with Crippen molar-refractivity contribution in [1.82, 2.24) is 9.88 Å². The van der Waals surface area contributed by atoms with Gasteiger partial charge >= 0.3 is 0 Å². The highest BCUT2D eigenvalue weighted by atomic mass is 15.1. The lowest BCUT2D eigenvalue weighted by Gasteiger charge is -2.21. The van der Waals surface area contributed by atoms with Crippen LogP contribution in [0.2, 0.25) is 0 Å². The van der Waals surface area contributed by atoms with Crippen molar-refractivity contribution in [3.05, 3.63) is 36.0 Å². The zero-order chi connectivity index (χ0) is 15.5. The molecule has 0 aliphatic carbocycles. The van der Waals surface area contributed by atoms with E-state index in [4.69, 9.17) is 10.5 Å². The summed E-state index contributed by atoms with van der Waals surface area (Å²) < 4.78 is 0. The van der Waals surface area contributed by atoms with Crippen molar-refractivity contribution >= 4 is 16.6 Å². The van der Waals surface area contributed by atoms with Gasteiger partial charge in [0.2, 0.25) is 0 Å². The Labute approximate surface area is 129 Å². The van der Waals surface area contributed by atoms with Gasteiger partial charge in [0.25, 0.3) is 0 Å². The number of benzene rings is 1. The maximum Gasteiger partial charge on any atom is 0.179 e. The average molecular weight is 291 g/mol. The quantitative estimate of drug-likeness (QED) is 0.880. The molecule has 1 aromatic heterocycles. The SMILES string of the molecule is CC(Nc1nccc2cc(C#N)ccc12)C1CCN(C#N)C1. The van der Waals surface area contributed by atoms with Gasteiger partial charge in [-0.05, 0) is 48.9 Å². The van der Waals surface area contributed by atoms with Gasteiger partial charge < -0.3 is 10.2 Å². The molecule has 1 saturated heterocycles. The Bertz CT molecular complexity index is 771. The Balaban J connectivity index is 1.82. The van der Waals surface area contributed by atoms with E-state index < -0.39 is 0 Å². The summed E-state index contributed by atoms with van der Waals surface area (Å²) in [5.74, 6) is 1.28. The van der Waals surface area contributed by atoms with Gasteiger partial charge in [-0.1, -0.05) is 0 Å². The molecule has 0 radical (unpaired) electrons. The largest absolute Gasteiger partial charge is 0.367 e. The third-order valence-corrected chi connectivity index (χ3v) is 4.33. The van der Waals surface area contributed by atoms with E-state index >= 15 is 0 Å². The lowest BCUT2D eigenvalue weighted by Crippen LogP contribution is -2.28. The number of hydrogen-bond acceptors (Lipinski definition) is 5. The number of anilines is 1. The molecule has 22 heavy (non-hydrogen) atoms. The van der Waals surface area contributed by atoms with Gasteiger partial charge in [0, 0.05) is 30.7 Å². The standard InChI is InChI=1S/C17H17N5/c1-12(15-5-7-22(10-15)11-19)21-17-16-3-2-13(9-18)8-14(16)4-6-20-17/h2-4,6,8,12,15H,5,7,10H2,1H3,(H,20,21). The highest BCUT2D eigenvalue weighted by Gasteiger charge is 2.26. The summed E-state index contributed by atoms with van der Waals surface area (Å²) in [4.78, 5) is 6.24. The molecule has 1 aliphatic heterocycles. The topological polar surface area (TPSA) is 75.7 Å². The van der Waals surface area contributed by atoms with Gasteiger partial charge in [-0.3, -0.25) is 0 Å². The van der Waals surface area contributed by atoms with Crippen LogP contribution in [0.25, 0.3) is 10.8 Å². The van der Waals surface area contributed by atoms with Crippen molar-refractivity contribution in [1.29, 1.82) is 10.5 Å². The number of nitrogens with one attached hydrogen (secondary N) is 1. The summed E-state index contributed by atoms with van der Waals surface area (Å²) in [6.45, 7) is 3.77. The van der Waals surface area contributed by atoms with Crippen LogP contribution in [0.15, 0.2) is 30.5 Å². The van der Waals surface area contributed by atoms with E-state index in [2.05, 4.69) is 29.5 Å². The highest BCUT2D eigenvalue weighted by molar-refractivity contribution is 5.92. The second-order valence-electron chi connectivity index (χ2n) is 5.74. The second-order valence-corrected chi connectivity index (χ2v) is 5.74. The molecule has 110 valence electrons. The predicted molar refractivity (Wildman–Crippen MR) is 84.8 cm³/mol. The number of nitriles is 2. The third kappa shape index (κ3) is 2.66. The van der Waals surface area contributed by atoms with E-state index in [0.717, 1.165) is 36.1 Å². The van der Waals surface area contributed by atoms with E-state index in [1.807, 2.05) is 24.3 Å². The van der Waals surface area contributed by atoms with Crippen molar-refractivity contribution in [2.45, 2.75) is 19.4 Å². The first kappa shape index (κ1) is 14.2. The lowest BCUT2D eigenvalue weighted by atomic mass is 10.00. The number of fused-ring (bicyclic) bond motifs is 1. The van der Waals surface area contributed by atoms with Gasteiger partial charge in [-0.15, -0.1) is 0 Å². The van der Waals surface area contributed by atoms with Crippen LogP contribution in [0.4, 0.5) is 5.82 Å². The molecule has 1 aromatic carbocycles. The number of pyridine rings is 1. The summed E-state index contributed by atoms with van der Waals surface area (Å²) in [6, 6.07) is 9.94. The summed E-state index contributed by atoms with van der Waals surface area (Å²) >= 11 is 0. The first-order chi connectivity index (χ1) is 10.7. The lowest BCUT2D eigenvalue weighted by molar-refractivity contribution is 0.432. The minimum atomic E-state index is 0.243. The first-order valence-corrected chi connectivity index (χ1v) is 7.41. The monoisotopic (exact) mass is 291 g/mol. The normalized spacial score (nSPS) is 18.7. The maximum atomic E-state index is 8.99. The molecule has 0 saturated carbocycles. The van der Waals surface area contributed by atoms with Crippen LogP contribution >= 0.6 is 0 Å². The first-order valence-electron chi connectivity index (χ1n) is 7.41. The van der Waals surface area contributed by atoms with Crippen molar-refractivity contribution in [3.63, 3.8) is 0 Å². The maximum absolute atomic E-state index is 8.99. The molecule has 1 fully saturated rings. The van der Waals surface area contributed by atoms with Crippen molar-refractivity contribution in [3.8, 4) is 12.3 Å². The van der Waals surface area contributed by atoms with Crippen LogP contribution in [0.5, 0.6) is 0 Å². The molecule has 2 aromatic rings. The van der Waals surface area contributed by atoms with Gasteiger partial charge in [0.15, 0.2) is 6.19 Å². The molecule has 0 amide bonds. The molecule has 5 nitrogen and oxygen atoms in total. The fourth-order valence-corrected chi connectivity index (χ4v) is 2.98. The van der Waals surface area contributed by atoms with E-state index in [-0.39, 0.29) is 6.04 Å². The van der Waals surface area contributed by atoms with Gasteiger partial charge in [0.1, 0.15) is 5.82 Å². The van der Waals surface area contributed by atoms with Crippen LogP contribution in [0.3, 0.4) is 0 Å². The van der Waals surface area contributed by atoms with Crippen LogP contribution in [0, 0.1) is 28.7 Å². The van der Waals surface area contributed by atoms with E-state index in [1.165, 1.54) is 0 Å². The van der Waals surface area contributed by atoms with Crippen molar-refractivity contribution in [2.75, 3.05) is 18.4 Å². The molecule has 0 bridgehead atoms. The van der Waals surface area contributed by atoms with Crippen LogP contribution in [0.1, 0.15) is 18.9 Å². The second kappa shape index (κ2) is 5.91. The number of nitrogens with zero attached hydrogens (tertiary/aromatic N) is 4. The Hall–Kier alpha value is -2.79. The summed E-state index contributed by atoms with van der Waals surface area (Å²) in [5, 5.41) is 23.5. The average Bonchev–Trinajstić information content (AvgIpc) is 3.03. The number of rotatable bonds is 3. The van der Waals surface area contributed by atoms with E-state index in [1.54, 1.807) is 11.1 Å². The Morgan fingerprint density at radius 2 is 2.23 bits per heavy atom. The number of likely N-dealkylation sites (tertiary alicyclic amines) is 1. The van der Waals surface area contributed by atoms with Gasteiger partial charge in [0.05, 0.1) is 11.6 Å².